The molecule has 6 nitrogen and oxygen atoms in total. The zero-order valence-electron chi connectivity index (χ0n) is 13.3. The summed E-state index contributed by atoms with van der Waals surface area (Å²) in [5.74, 6) is 2.77. The van der Waals surface area contributed by atoms with Crippen molar-refractivity contribution in [3.05, 3.63) is 60.9 Å². The van der Waals surface area contributed by atoms with E-state index in [1.807, 2.05) is 42.5 Å². The number of ether oxygens (including phenoxy) is 2. The molecule has 0 aliphatic rings. The summed E-state index contributed by atoms with van der Waals surface area (Å²) in [7, 11) is 1.58. The van der Waals surface area contributed by atoms with Gasteiger partial charge in [0, 0.05) is 24.0 Å². The molecule has 0 saturated heterocycles. The lowest BCUT2D eigenvalue weighted by molar-refractivity contribution is 0.333. The van der Waals surface area contributed by atoms with Gasteiger partial charge in [-0.2, -0.15) is 0 Å². The number of anilines is 1. The van der Waals surface area contributed by atoms with Crippen molar-refractivity contribution in [2.24, 2.45) is 0 Å². The van der Waals surface area contributed by atoms with Crippen LogP contribution >= 0.6 is 0 Å². The Bertz CT molecular complexity index is 763. The minimum atomic E-state index is 0.549. The second-order valence-electron chi connectivity index (χ2n) is 4.94. The Morgan fingerprint density at radius 3 is 2.62 bits per heavy atom. The predicted molar refractivity (Wildman–Crippen MR) is 92.2 cm³/mol. The fourth-order valence-electron chi connectivity index (χ4n) is 2.09. The summed E-state index contributed by atoms with van der Waals surface area (Å²) in [6.07, 6.45) is 3.41. The molecule has 3 rings (SSSR count). The van der Waals surface area contributed by atoms with Gasteiger partial charge in [-0.1, -0.05) is 18.2 Å². The Labute approximate surface area is 140 Å². The maximum Gasteiger partial charge on any atom is 0.212 e. The van der Waals surface area contributed by atoms with Gasteiger partial charge in [0.05, 0.1) is 13.7 Å². The molecule has 122 valence electrons. The molecule has 0 atom stereocenters. The van der Waals surface area contributed by atoms with Crippen molar-refractivity contribution < 1.29 is 9.47 Å². The normalized spacial score (nSPS) is 10.2. The van der Waals surface area contributed by atoms with Crippen LogP contribution in [0.5, 0.6) is 11.6 Å². The largest absolute Gasteiger partial charge is 0.492 e. The summed E-state index contributed by atoms with van der Waals surface area (Å²) in [6, 6.07) is 15.2. The molecule has 24 heavy (non-hydrogen) atoms. The van der Waals surface area contributed by atoms with Crippen molar-refractivity contribution in [1.82, 2.24) is 15.0 Å². The molecular formula is C18H18N4O2. The van der Waals surface area contributed by atoms with Gasteiger partial charge < -0.3 is 14.8 Å². The standard InChI is InChI=1S/C18H18N4O2/c1-23-17-8-7-14(13-21-17)18-20-10-9-16(22-18)19-11-12-24-15-5-3-2-4-6-15/h2-10,13H,11-12H2,1H3,(H,19,20,22). The topological polar surface area (TPSA) is 69.2 Å². The van der Waals surface area contributed by atoms with Crippen LogP contribution < -0.4 is 14.8 Å². The fourth-order valence-corrected chi connectivity index (χ4v) is 2.09. The highest BCUT2D eigenvalue weighted by atomic mass is 16.5. The number of nitrogens with one attached hydrogen (secondary N) is 1. The molecule has 1 N–H and O–H groups in total. The van der Waals surface area contributed by atoms with E-state index in [2.05, 4.69) is 20.3 Å². The molecule has 0 amide bonds. The second-order valence-corrected chi connectivity index (χ2v) is 4.94. The molecule has 0 spiro atoms. The second kappa shape index (κ2) is 7.92. The molecule has 0 unspecified atom stereocenters. The fraction of sp³-hybridized carbons (Fsp3) is 0.167. The van der Waals surface area contributed by atoms with Crippen LogP contribution in [-0.2, 0) is 0 Å². The molecule has 0 bridgehead atoms. The van der Waals surface area contributed by atoms with E-state index in [9.17, 15) is 0 Å². The van der Waals surface area contributed by atoms with Crippen LogP contribution in [-0.4, -0.2) is 35.2 Å². The van der Waals surface area contributed by atoms with E-state index in [0.29, 0.717) is 24.9 Å². The Balaban J connectivity index is 1.56. The van der Waals surface area contributed by atoms with Gasteiger partial charge >= 0.3 is 0 Å². The lowest BCUT2D eigenvalue weighted by Gasteiger charge is -2.09. The lowest BCUT2D eigenvalue weighted by Crippen LogP contribution is -2.12. The van der Waals surface area contributed by atoms with Crippen LogP contribution in [0.1, 0.15) is 0 Å². The first-order valence-corrected chi connectivity index (χ1v) is 7.60. The number of pyridine rings is 1. The summed E-state index contributed by atoms with van der Waals surface area (Å²) < 4.78 is 10.7. The molecule has 0 aliphatic carbocycles. The number of benzene rings is 1. The molecular weight excluding hydrogens is 304 g/mol. The number of methoxy groups -OCH3 is 1. The molecule has 0 fully saturated rings. The summed E-state index contributed by atoms with van der Waals surface area (Å²) in [6.45, 7) is 1.19. The van der Waals surface area contributed by atoms with Gasteiger partial charge in [0.1, 0.15) is 18.2 Å². The summed E-state index contributed by atoms with van der Waals surface area (Å²) in [5, 5.41) is 3.23. The molecule has 0 radical (unpaired) electrons. The Hall–Kier alpha value is -3.15. The molecule has 0 aliphatic heterocycles. The third kappa shape index (κ3) is 4.19. The average Bonchev–Trinajstić information content (AvgIpc) is 2.66. The van der Waals surface area contributed by atoms with Gasteiger partial charge in [-0.15, -0.1) is 0 Å². The highest BCUT2D eigenvalue weighted by Crippen LogP contribution is 2.17. The van der Waals surface area contributed by atoms with Crippen LogP contribution in [0.2, 0.25) is 0 Å². The molecule has 0 saturated carbocycles. The Morgan fingerprint density at radius 1 is 1.00 bits per heavy atom. The monoisotopic (exact) mass is 322 g/mol. The number of hydrogen-bond donors (Lipinski definition) is 1. The first-order valence-electron chi connectivity index (χ1n) is 7.60. The zero-order valence-corrected chi connectivity index (χ0v) is 13.3. The van der Waals surface area contributed by atoms with Crippen LogP contribution in [0, 0.1) is 0 Å². The van der Waals surface area contributed by atoms with E-state index in [1.165, 1.54) is 0 Å². The minimum Gasteiger partial charge on any atom is -0.492 e. The van der Waals surface area contributed by atoms with Crippen LogP contribution in [0.4, 0.5) is 5.82 Å². The molecule has 1 aromatic carbocycles. The minimum absolute atomic E-state index is 0.549. The van der Waals surface area contributed by atoms with Crippen molar-refractivity contribution in [3.63, 3.8) is 0 Å². The van der Waals surface area contributed by atoms with Crippen molar-refractivity contribution in [2.75, 3.05) is 25.6 Å². The van der Waals surface area contributed by atoms with Crippen LogP contribution in [0.15, 0.2) is 60.9 Å². The number of rotatable bonds is 7. The average molecular weight is 322 g/mol. The molecule has 6 heteroatoms. The summed E-state index contributed by atoms with van der Waals surface area (Å²) >= 11 is 0. The van der Waals surface area contributed by atoms with Crippen molar-refractivity contribution >= 4 is 5.82 Å². The van der Waals surface area contributed by atoms with Gasteiger partial charge in [-0.25, -0.2) is 15.0 Å². The summed E-state index contributed by atoms with van der Waals surface area (Å²) in [4.78, 5) is 12.9. The van der Waals surface area contributed by atoms with Crippen LogP contribution in [0.25, 0.3) is 11.4 Å². The SMILES string of the molecule is COc1ccc(-c2nccc(NCCOc3ccccc3)n2)cn1. The number of para-hydroxylation sites is 1. The van der Waals surface area contributed by atoms with Gasteiger partial charge in [0.25, 0.3) is 0 Å². The van der Waals surface area contributed by atoms with E-state index in [4.69, 9.17) is 9.47 Å². The first kappa shape index (κ1) is 15.7. The van der Waals surface area contributed by atoms with Crippen molar-refractivity contribution in [3.8, 4) is 23.0 Å². The summed E-state index contributed by atoms with van der Waals surface area (Å²) in [5.41, 5.74) is 0.833. The van der Waals surface area contributed by atoms with Gasteiger partial charge in [-0.3, -0.25) is 0 Å². The molecule has 3 aromatic rings. The van der Waals surface area contributed by atoms with Crippen molar-refractivity contribution in [2.45, 2.75) is 0 Å². The van der Waals surface area contributed by atoms with Gasteiger partial charge in [0.2, 0.25) is 5.88 Å². The van der Waals surface area contributed by atoms with E-state index in [-0.39, 0.29) is 0 Å². The third-order valence-corrected chi connectivity index (χ3v) is 3.28. The number of nitrogens with zero attached hydrogens (tertiary/aromatic N) is 3. The highest BCUT2D eigenvalue weighted by Gasteiger charge is 2.04. The molecule has 2 heterocycles. The Morgan fingerprint density at radius 2 is 1.88 bits per heavy atom. The number of aromatic nitrogens is 3. The van der Waals surface area contributed by atoms with Gasteiger partial charge in [-0.05, 0) is 24.3 Å². The highest BCUT2D eigenvalue weighted by molar-refractivity contribution is 5.56. The molecule has 2 aromatic heterocycles. The quantitative estimate of drug-likeness (QED) is 0.674. The van der Waals surface area contributed by atoms with E-state index < -0.39 is 0 Å². The van der Waals surface area contributed by atoms with Crippen molar-refractivity contribution in [1.29, 1.82) is 0 Å². The predicted octanol–water partition coefficient (Wildman–Crippen LogP) is 3.04. The maximum atomic E-state index is 5.64. The van der Waals surface area contributed by atoms with E-state index >= 15 is 0 Å². The van der Waals surface area contributed by atoms with E-state index in [1.54, 1.807) is 25.6 Å². The maximum absolute atomic E-state index is 5.64. The number of hydrogen-bond acceptors (Lipinski definition) is 6. The first-order chi connectivity index (χ1) is 11.8. The van der Waals surface area contributed by atoms with Gasteiger partial charge in [0.15, 0.2) is 5.82 Å². The van der Waals surface area contributed by atoms with Crippen LogP contribution in [0.3, 0.4) is 0 Å². The third-order valence-electron chi connectivity index (χ3n) is 3.28. The smallest absolute Gasteiger partial charge is 0.212 e. The zero-order chi connectivity index (χ0) is 16.6. The Kier molecular flexibility index (Phi) is 5.19. The van der Waals surface area contributed by atoms with E-state index in [0.717, 1.165) is 17.1 Å². The lowest BCUT2D eigenvalue weighted by atomic mass is 10.2.